The standard InChI is InChI=1S/C89H158N2.2C9H10O4.Ni/c1-5-9-13-16-19-22-25-28-31-34-37-40-41-44-47-50-53-56-59-62-65-68-71-75-89(91-87-82-78-85(79-83-87)73-70-67-64-61-58-55-52-49-46-43-39-36-33-30-27-24-21-18-15-11-7-3)88(74-12-8-4)90-86-80-76-84(77-81-86)72-69-66-63-60-57-54-51-48-45-42-38-35-32-29-26-23-20-17-14-10-6-2;2*1-2-5-3-4-6(10)8(11)7(5)9(12)13;/h76-83H,5-70,72-74H2,1-4H3;2*3-4,10-11H,2H2,1H3,(H,12,13);/q;;;+2/p-2. The number of rotatable bonds is 75. The average Bonchev–Trinajstić information content (AvgIpc) is 0.836. The SMILES string of the molecule is CCCCCCCCCCCCCCCCCCCCCCCC#CC(=Nc1ccc(CCCCCCCCCCCCCCCCCCCCCCC)cc1)C(CCCC)=Nc1ccc(CCCCCCCCCCCCCCCCCCCCCCC)cc1.CCc1ccc(O)c([O-])c1C(=O)O.CCc1ccc(O)c([O-])c1C(=O)O.[Ni+2]. The van der Waals surface area contributed by atoms with Crippen molar-refractivity contribution in [3.63, 3.8) is 0 Å². The molecule has 10 nitrogen and oxygen atoms in total. The molecule has 118 heavy (non-hydrogen) atoms. The Balaban J connectivity index is 0.00000216. The molecule has 0 spiro atoms. The predicted octanol–water partition coefficient (Wildman–Crippen LogP) is 33.3. The van der Waals surface area contributed by atoms with E-state index in [1.807, 2.05) is 0 Å². The van der Waals surface area contributed by atoms with E-state index in [4.69, 9.17) is 30.4 Å². The second-order valence-corrected chi connectivity index (χ2v) is 34.4. The molecule has 4 aromatic rings. The molecule has 0 radical (unpaired) electrons. The van der Waals surface area contributed by atoms with Crippen molar-refractivity contribution in [2.45, 2.75) is 497 Å². The number of hydrogen-bond acceptors (Lipinski definition) is 8. The van der Waals surface area contributed by atoms with Crippen LogP contribution >= 0.6 is 0 Å². The summed E-state index contributed by atoms with van der Waals surface area (Å²) in [5.74, 6) is 1.99. The van der Waals surface area contributed by atoms with Gasteiger partial charge in [-0.05, 0) is 122 Å². The van der Waals surface area contributed by atoms with Gasteiger partial charge in [0.25, 0.3) is 0 Å². The number of hydrogen-bond donors (Lipinski definition) is 4. The molecular weight excluding hydrogens is 1500 g/mol. The molecule has 672 valence electrons. The summed E-state index contributed by atoms with van der Waals surface area (Å²) in [5, 5.41) is 57.7. The summed E-state index contributed by atoms with van der Waals surface area (Å²) in [6.45, 7) is 12.7. The summed E-state index contributed by atoms with van der Waals surface area (Å²) < 4.78 is 0. The molecule has 0 fully saturated rings. The van der Waals surface area contributed by atoms with Crippen LogP contribution in [-0.2, 0) is 42.2 Å². The van der Waals surface area contributed by atoms with Gasteiger partial charge in [-0.15, -0.1) is 0 Å². The molecule has 0 aromatic heterocycles. The second-order valence-electron chi connectivity index (χ2n) is 34.4. The molecule has 0 aliphatic carbocycles. The van der Waals surface area contributed by atoms with E-state index in [1.54, 1.807) is 13.8 Å². The number of benzene rings is 4. The van der Waals surface area contributed by atoms with Crippen LogP contribution in [0.5, 0.6) is 23.0 Å². The summed E-state index contributed by atoms with van der Waals surface area (Å²) >= 11 is 0. The Hall–Kier alpha value is -5.59. The van der Waals surface area contributed by atoms with Gasteiger partial charge in [-0.1, -0.05) is 487 Å². The topological polar surface area (TPSA) is 186 Å². The van der Waals surface area contributed by atoms with Gasteiger partial charge in [-0.2, -0.15) is 0 Å². The van der Waals surface area contributed by atoms with Crippen LogP contribution in [0, 0.1) is 11.8 Å². The Labute approximate surface area is 735 Å². The molecule has 0 aliphatic heterocycles. The Bertz CT molecular complexity index is 3040. The maximum Gasteiger partial charge on any atom is 2.00 e. The molecule has 0 bridgehead atoms. The number of aromatic hydroxyl groups is 2. The van der Waals surface area contributed by atoms with Gasteiger partial charge in [0, 0.05) is 6.42 Å². The van der Waals surface area contributed by atoms with Crippen LogP contribution in [0.25, 0.3) is 0 Å². The van der Waals surface area contributed by atoms with Gasteiger partial charge in [-0.25, -0.2) is 14.6 Å². The van der Waals surface area contributed by atoms with Crippen LogP contribution in [0.15, 0.2) is 82.8 Å². The second kappa shape index (κ2) is 81.1. The maximum absolute atomic E-state index is 11.2. The number of carbonyl (C=O) groups is 2. The molecular formula is C107H176N2NiO8. The van der Waals surface area contributed by atoms with Gasteiger partial charge in [0.2, 0.25) is 0 Å². The van der Waals surface area contributed by atoms with E-state index in [-0.39, 0.29) is 27.6 Å². The fraction of sp³-hybridized carbons (Fsp3) is 0.720. The summed E-state index contributed by atoms with van der Waals surface area (Å²) in [5.41, 5.74) is 7.06. The number of phenolic OH excluding ortho intramolecular Hbond substituents is 2. The zero-order valence-corrected chi connectivity index (χ0v) is 77.8. The number of aryl methyl sites for hydroxylation is 4. The molecule has 0 unspecified atom stereocenters. The molecule has 0 saturated heterocycles. The van der Waals surface area contributed by atoms with Crippen molar-refractivity contribution >= 4 is 34.7 Å². The zero-order valence-electron chi connectivity index (χ0n) is 76.8. The first-order chi connectivity index (χ1) is 57.3. The molecule has 0 amide bonds. The molecule has 0 heterocycles. The van der Waals surface area contributed by atoms with Crippen LogP contribution in [0.1, 0.15) is 515 Å². The van der Waals surface area contributed by atoms with E-state index in [1.165, 1.54) is 446 Å². The number of aliphatic imine (C=N–C) groups is 2. The number of carboxylic acid groups (broad SMARTS) is 2. The van der Waals surface area contributed by atoms with Crippen molar-refractivity contribution in [1.29, 1.82) is 0 Å². The summed E-state index contributed by atoms with van der Waals surface area (Å²) in [6, 6.07) is 23.6. The van der Waals surface area contributed by atoms with Crippen LogP contribution in [0.2, 0.25) is 0 Å². The van der Waals surface area contributed by atoms with Crippen molar-refractivity contribution in [3.05, 3.63) is 106 Å². The van der Waals surface area contributed by atoms with E-state index >= 15 is 0 Å². The van der Waals surface area contributed by atoms with E-state index in [0.717, 1.165) is 54.9 Å². The Morgan fingerprint density at radius 3 is 0.763 bits per heavy atom. The van der Waals surface area contributed by atoms with Crippen molar-refractivity contribution in [2.24, 2.45) is 9.98 Å². The zero-order chi connectivity index (χ0) is 84.8. The molecule has 11 heteroatoms. The molecule has 4 rings (SSSR count). The largest absolute Gasteiger partial charge is 2.00 e. The Morgan fingerprint density at radius 1 is 0.297 bits per heavy atom. The van der Waals surface area contributed by atoms with Gasteiger partial charge in [0.15, 0.2) is 0 Å². The van der Waals surface area contributed by atoms with Gasteiger partial charge in [0.1, 0.15) is 17.2 Å². The van der Waals surface area contributed by atoms with Gasteiger partial charge in [-0.3, -0.25) is 4.99 Å². The minimum Gasteiger partial charge on any atom is -0.869 e. The van der Waals surface area contributed by atoms with Crippen LogP contribution in [-0.4, -0.2) is 43.8 Å². The average molecular weight is 1680 g/mol. The van der Waals surface area contributed by atoms with Crippen molar-refractivity contribution in [1.82, 2.24) is 0 Å². The minimum absolute atomic E-state index is 0. The van der Waals surface area contributed by atoms with E-state index in [9.17, 15) is 19.8 Å². The molecule has 0 saturated carbocycles. The third kappa shape index (κ3) is 60.8. The number of unbranched alkanes of at least 4 members (excludes halogenated alkanes) is 62. The fourth-order valence-electron chi connectivity index (χ4n) is 16.1. The summed E-state index contributed by atoms with van der Waals surface area (Å²) in [4.78, 5) is 31.9. The third-order valence-corrected chi connectivity index (χ3v) is 23.8. The van der Waals surface area contributed by atoms with Gasteiger partial charge < -0.3 is 30.6 Å². The number of aromatic carboxylic acids is 2. The first-order valence-corrected chi connectivity index (χ1v) is 49.7. The number of phenols is 2. The number of carboxylic acids is 2. The monoisotopic (exact) mass is 1680 g/mol. The quantitative estimate of drug-likeness (QED) is 0.0146. The third-order valence-electron chi connectivity index (χ3n) is 23.8. The smallest absolute Gasteiger partial charge is 0.869 e. The van der Waals surface area contributed by atoms with Crippen LogP contribution < -0.4 is 10.2 Å². The first-order valence-electron chi connectivity index (χ1n) is 49.7. The summed E-state index contributed by atoms with van der Waals surface area (Å²) in [7, 11) is 0. The van der Waals surface area contributed by atoms with E-state index in [0.29, 0.717) is 24.0 Å². The van der Waals surface area contributed by atoms with Gasteiger partial charge in [0.05, 0.1) is 28.2 Å². The normalized spacial score (nSPS) is 11.4. The maximum atomic E-state index is 11.2. The molecule has 0 atom stereocenters. The summed E-state index contributed by atoms with van der Waals surface area (Å²) in [6.07, 6.45) is 97.2. The predicted molar refractivity (Wildman–Crippen MR) is 502 cm³/mol. The minimum atomic E-state index is -1.29. The van der Waals surface area contributed by atoms with Crippen LogP contribution in [0.3, 0.4) is 0 Å². The van der Waals surface area contributed by atoms with Crippen molar-refractivity contribution in [3.8, 4) is 34.8 Å². The Kier molecular flexibility index (Phi) is 75.9. The molecule has 4 N–H and O–H groups in total. The van der Waals surface area contributed by atoms with Crippen molar-refractivity contribution in [2.75, 3.05) is 0 Å². The molecule has 4 aromatic carbocycles. The first kappa shape index (κ1) is 110. The van der Waals surface area contributed by atoms with E-state index in [2.05, 4.69) is 88.1 Å². The van der Waals surface area contributed by atoms with Crippen molar-refractivity contribution < 1.29 is 56.7 Å². The van der Waals surface area contributed by atoms with Crippen LogP contribution in [0.4, 0.5) is 11.4 Å². The van der Waals surface area contributed by atoms with Gasteiger partial charge >= 0.3 is 28.4 Å². The number of nitrogens with zero attached hydrogens (tertiary/aromatic N) is 2. The fourth-order valence-corrected chi connectivity index (χ4v) is 16.1. The Morgan fingerprint density at radius 2 is 0.525 bits per heavy atom. The molecule has 0 aliphatic rings. The van der Waals surface area contributed by atoms with E-state index < -0.39 is 34.9 Å².